The lowest BCUT2D eigenvalue weighted by molar-refractivity contribution is -0.130. The smallest absolute Gasteiger partial charge is 0.242 e. The molecule has 3 aromatic carbocycles. The molecular formula is C32H39N5O4S. The van der Waals surface area contributed by atoms with Crippen LogP contribution in [0.25, 0.3) is 0 Å². The number of rotatable bonds is 14. The Hall–Kier alpha value is -4.02. The number of unbranched alkanes of at least 4 members (excludes halogenated alkanes) is 1. The summed E-state index contributed by atoms with van der Waals surface area (Å²) in [6.07, 6.45) is 3.09. The monoisotopic (exact) mass is 589 g/mol. The zero-order valence-electron chi connectivity index (χ0n) is 23.8. The van der Waals surface area contributed by atoms with Crippen molar-refractivity contribution in [2.75, 3.05) is 0 Å². The third kappa shape index (κ3) is 8.50. The number of amidine groups is 1. The molecule has 0 aliphatic heterocycles. The highest BCUT2D eigenvalue weighted by atomic mass is 32.2. The molecule has 222 valence electrons. The number of fused-ring (bicyclic) bond motifs is 1. The van der Waals surface area contributed by atoms with Gasteiger partial charge in [0, 0.05) is 12.1 Å². The Kier molecular flexibility index (Phi) is 10.5. The first-order valence-electron chi connectivity index (χ1n) is 14.3. The zero-order valence-corrected chi connectivity index (χ0v) is 24.6. The lowest BCUT2D eigenvalue weighted by Crippen LogP contribution is -2.56. The van der Waals surface area contributed by atoms with Gasteiger partial charge in [0.05, 0.1) is 5.75 Å². The maximum absolute atomic E-state index is 13.8. The minimum absolute atomic E-state index is 0.0350. The fourth-order valence-electron chi connectivity index (χ4n) is 5.27. The molecule has 2 amide bonds. The van der Waals surface area contributed by atoms with Crippen LogP contribution in [0, 0.1) is 11.3 Å². The number of nitrogen functional groups attached to an aromatic ring is 1. The largest absolute Gasteiger partial charge is 0.384 e. The number of nitrogens with two attached hydrogens (primary N) is 1. The first-order valence-corrected chi connectivity index (χ1v) is 15.9. The van der Waals surface area contributed by atoms with Crippen LogP contribution in [0.3, 0.4) is 0 Å². The predicted molar refractivity (Wildman–Crippen MR) is 164 cm³/mol. The molecule has 1 aliphatic carbocycles. The molecule has 0 heterocycles. The van der Waals surface area contributed by atoms with E-state index in [2.05, 4.69) is 15.4 Å². The lowest BCUT2D eigenvalue weighted by Gasteiger charge is -2.27. The van der Waals surface area contributed by atoms with Gasteiger partial charge >= 0.3 is 0 Å². The average molecular weight is 590 g/mol. The number of hydrogen-bond acceptors (Lipinski definition) is 5. The van der Waals surface area contributed by atoms with Crippen LogP contribution in [-0.2, 0) is 44.8 Å². The van der Waals surface area contributed by atoms with Gasteiger partial charge in [0.15, 0.2) is 0 Å². The van der Waals surface area contributed by atoms with Crippen LogP contribution >= 0.6 is 0 Å². The first kappa shape index (κ1) is 30.9. The van der Waals surface area contributed by atoms with E-state index in [4.69, 9.17) is 11.1 Å². The molecule has 2 unspecified atom stereocenters. The van der Waals surface area contributed by atoms with Gasteiger partial charge in [-0.3, -0.25) is 15.0 Å². The van der Waals surface area contributed by atoms with Crippen LogP contribution in [0.15, 0.2) is 78.9 Å². The van der Waals surface area contributed by atoms with Crippen LogP contribution in [0.1, 0.15) is 54.0 Å². The van der Waals surface area contributed by atoms with E-state index in [0.717, 1.165) is 23.1 Å². The summed E-state index contributed by atoms with van der Waals surface area (Å²) in [7, 11) is -3.87. The van der Waals surface area contributed by atoms with Crippen molar-refractivity contribution in [1.29, 1.82) is 5.41 Å². The highest BCUT2D eigenvalue weighted by Crippen LogP contribution is 2.29. The third-order valence-corrected chi connectivity index (χ3v) is 8.88. The third-order valence-electron chi connectivity index (χ3n) is 7.55. The SMILES string of the molecule is CCCCC(NC(=O)C(NS(=O)(=O)Cc1ccccc1)C1Cc2ccccc2C1)C(=O)NCc1ccc(C(=N)N)cc1. The zero-order chi connectivity index (χ0) is 30.1. The van der Waals surface area contributed by atoms with E-state index in [1.54, 1.807) is 48.5 Å². The van der Waals surface area contributed by atoms with E-state index in [0.29, 0.717) is 36.8 Å². The second-order valence-corrected chi connectivity index (χ2v) is 12.6. The Morgan fingerprint density at radius 3 is 2.12 bits per heavy atom. The van der Waals surface area contributed by atoms with E-state index < -0.39 is 28.0 Å². The summed E-state index contributed by atoms with van der Waals surface area (Å²) < 4.78 is 29.2. The van der Waals surface area contributed by atoms with Crippen LogP contribution in [-0.4, -0.2) is 38.2 Å². The Balaban J connectivity index is 1.49. The van der Waals surface area contributed by atoms with E-state index in [-0.39, 0.29) is 30.0 Å². The summed E-state index contributed by atoms with van der Waals surface area (Å²) in [5.41, 5.74) is 9.75. The lowest BCUT2D eigenvalue weighted by atomic mass is 9.96. The second-order valence-electron chi connectivity index (χ2n) is 10.8. The highest BCUT2D eigenvalue weighted by molar-refractivity contribution is 7.88. The van der Waals surface area contributed by atoms with Gasteiger partial charge in [-0.1, -0.05) is 98.6 Å². The molecule has 1 aliphatic rings. The van der Waals surface area contributed by atoms with Crippen molar-refractivity contribution in [1.82, 2.24) is 15.4 Å². The predicted octanol–water partition coefficient (Wildman–Crippen LogP) is 3.17. The molecule has 0 aromatic heterocycles. The molecule has 0 saturated carbocycles. The number of sulfonamides is 1. The van der Waals surface area contributed by atoms with Crippen molar-refractivity contribution in [3.63, 3.8) is 0 Å². The molecule has 0 saturated heterocycles. The maximum Gasteiger partial charge on any atom is 0.242 e. The van der Waals surface area contributed by atoms with Gasteiger partial charge in [0.25, 0.3) is 0 Å². The molecular weight excluding hydrogens is 550 g/mol. The second kappa shape index (κ2) is 14.2. The van der Waals surface area contributed by atoms with Gasteiger partial charge in [-0.15, -0.1) is 0 Å². The molecule has 9 nitrogen and oxygen atoms in total. The van der Waals surface area contributed by atoms with Crippen LogP contribution in [0.2, 0.25) is 0 Å². The first-order chi connectivity index (χ1) is 20.1. The summed E-state index contributed by atoms with van der Waals surface area (Å²) in [6.45, 7) is 2.24. The van der Waals surface area contributed by atoms with Gasteiger partial charge in [-0.05, 0) is 47.4 Å². The standard InChI is InChI=1S/C32H39N5O4S/c1-2-3-13-28(31(38)35-20-22-14-16-24(17-15-22)30(33)34)36-32(39)29(27-18-25-11-7-8-12-26(25)19-27)37-42(40,41)21-23-9-5-4-6-10-23/h4-12,14-17,27-29,37H,2-3,13,18-21H2,1H3,(H3,33,34)(H,35,38)(H,36,39). The minimum Gasteiger partial charge on any atom is -0.384 e. The van der Waals surface area contributed by atoms with Crippen molar-refractivity contribution >= 4 is 27.7 Å². The van der Waals surface area contributed by atoms with Crippen molar-refractivity contribution in [3.05, 3.63) is 107 Å². The summed E-state index contributed by atoms with van der Waals surface area (Å²) >= 11 is 0. The number of hydrogen-bond donors (Lipinski definition) is 5. The van der Waals surface area contributed by atoms with E-state index in [1.165, 1.54) is 0 Å². The quantitative estimate of drug-likeness (QED) is 0.144. The average Bonchev–Trinajstić information content (AvgIpc) is 3.41. The van der Waals surface area contributed by atoms with Gasteiger partial charge < -0.3 is 16.4 Å². The Morgan fingerprint density at radius 1 is 0.905 bits per heavy atom. The van der Waals surface area contributed by atoms with Gasteiger partial charge in [-0.25, -0.2) is 13.1 Å². The van der Waals surface area contributed by atoms with Crippen molar-refractivity contribution in [2.24, 2.45) is 11.7 Å². The molecule has 0 fully saturated rings. The number of amides is 2. The Bertz CT molecular complexity index is 1470. The van der Waals surface area contributed by atoms with Crippen molar-refractivity contribution in [2.45, 2.75) is 63.4 Å². The number of carbonyl (C=O) groups excluding carboxylic acids is 2. The molecule has 0 bridgehead atoms. The van der Waals surface area contributed by atoms with E-state index in [1.807, 2.05) is 37.3 Å². The highest BCUT2D eigenvalue weighted by Gasteiger charge is 2.37. The molecule has 10 heteroatoms. The summed E-state index contributed by atoms with van der Waals surface area (Å²) in [5.74, 6) is -1.42. The summed E-state index contributed by atoms with van der Waals surface area (Å²) in [6, 6.07) is 21.9. The molecule has 4 rings (SSSR count). The number of nitrogens with one attached hydrogen (secondary N) is 4. The number of carbonyl (C=O) groups is 2. The van der Waals surface area contributed by atoms with Gasteiger partial charge in [0.2, 0.25) is 21.8 Å². The summed E-state index contributed by atoms with van der Waals surface area (Å²) in [5, 5.41) is 13.3. The van der Waals surface area contributed by atoms with Crippen LogP contribution < -0.4 is 21.1 Å². The fraction of sp³-hybridized carbons (Fsp3) is 0.344. The summed E-state index contributed by atoms with van der Waals surface area (Å²) in [4.78, 5) is 27.1. The molecule has 6 N–H and O–H groups in total. The molecule has 42 heavy (non-hydrogen) atoms. The topological polar surface area (TPSA) is 154 Å². The van der Waals surface area contributed by atoms with Crippen LogP contribution in [0.4, 0.5) is 0 Å². The molecule has 2 atom stereocenters. The van der Waals surface area contributed by atoms with Crippen molar-refractivity contribution < 1.29 is 18.0 Å². The van der Waals surface area contributed by atoms with Crippen LogP contribution in [0.5, 0.6) is 0 Å². The Morgan fingerprint density at radius 2 is 1.52 bits per heavy atom. The maximum atomic E-state index is 13.8. The minimum atomic E-state index is -3.87. The molecule has 0 spiro atoms. The normalized spacial score (nSPS) is 14.5. The van der Waals surface area contributed by atoms with E-state index >= 15 is 0 Å². The molecule has 3 aromatic rings. The van der Waals surface area contributed by atoms with Crippen molar-refractivity contribution in [3.8, 4) is 0 Å². The van der Waals surface area contributed by atoms with E-state index in [9.17, 15) is 18.0 Å². The van der Waals surface area contributed by atoms with Gasteiger partial charge in [-0.2, -0.15) is 0 Å². The Labute approximate surface area is 247 Å². The fourth-order valence-corrected chi connectivity index (χ4v) is 6.68. The van der Waals surface area contributed by atoms with Gasteiger partial charge in [0.1, 0.15) is 17.9 Å². The number of benzene rings is 3. The molecule has 0 radical (unpaired) electrons.